The molecule has 148 valence electrons. The first-order valence-corrected chi connectivity index (χ1v) is 8.18. The lowest BCUT2D eigenvalue weighted by atomic mass is 10.2. The number of nitrogens with one attached hydrogen (secondary N) is 2. The van der Waals surface area contributed by atoms with Gasteiger partial charge in [-0.3, -0.25) is 9.59 Å². The van der Waals surface area contributed by atoms with Crippen molar-refractivity contribution in [2.75, 3.05) is 27.9 Å². The van der Waals surface area contributed by atoms with Crippen LogP contribution in [0.3, 0.4) is 0 Å². The first-order valence-electron chi connectivity index (χ1n) is 8.18. The Morgan fingerprint density at radius 2 is 1.75 bits per heavy atom. The summed E-state index contributed by atoms with van der Waals surface area (Å²) in [7, 11) is 4.39. The molecule has 9 heteroatoms. The van der Waals surface area contributed by atoms with Crippen molar-refractivity contribution in [1.29, 1.82) is 0 Å². The molecule has 2 rings (SSSR count). The molecule has 0 fully saturated rings. The summed E-state index contributed by atoms with van der Waals surface area (Å²) in [6.07, 6.45) is 1.27. The Labute approximate surface area is 161 Å². The standard InChI is InChI=1S/C19H21N3O6/c1-26-14-8-7-12(9-16(14)28-3)19(25)20-11-17(23)22-21-10-13-5-4-6-15(27-2)18(13)24/h4-10,24H,11H2,1-3H3,(H,20,25)(H,22,23)/b21-10-. The zero-order valence-corrected chi connectivity index (χ0v) is 15.7. The number of nitrogens with zero attached hydrogens (tertiary/aromatic N) is 1. The Bertz CT molecular complexity index is 882. The normalized spacial score (nSPS) is 10.4. The van der Waals surface area contributed by atoms with E-state index in [0.29, 0.717) is 22.6 Å². The van der Waals surface area contributed by atoms with Crippen LogP contribution in [0.15, 0.2) is 41.5 Å². The summed E-state index contributed by atoms with van der Waals surface area (Å²) in [6.45, 7) is -0.283. The average molecular weight is 387 g/mol. The van der Waals surface area contributed by atoms with Crippen LogP contribution in [-0.4, -0.2) is 51.0 Å². The van der Waals surface area contributed by atoms with Gasteiger partial charge in [-0.15, -0.1) is 0 Å². The quantitative estimate of drug-likeness (QED) is 0.464. The molecule has 0 radical (unpaired) electrons. The maximum Gasteiger partial charge on any atom is 0.259 e. The number of carbonyl (C=O) groups is 2. The number of aromatic hydroxyl groups is 1. The van der Waals surface area contributed by atoms with E-state index in [1.165, 1.54) is 33.6 Å². The molecule has 28 heavy (non-hydrogen) atoms. The Kier molecular flexibility index (Phi) is 7.21. The number of rotatable bonds is 8. The van der Waals surface area contributed by atoms with Gasteiger partial charge >= 0.3 is 0 Å². The average Bonchev–Trinajstić information content (AvgIpc) is 2.72. The fourth-order valence-electron chi connectivity index (χ4n) is 2.26. The second-order valence-electron chi connectivity index (χ2n) is 5.44. The van der Waals surface area contributed by atoms with Gasteiger partial charge in [0, 0.05) is 11.1 Å². The second kappa shape index (κ2) is 9.81. The minimum absolute atomic E-state index is 0.0928. The van der Waals surface area contributed by atoms with Gasteiger partial charge in [-0.25, -0.2) is 5.43 Å². The summed E-state index contributed by atoms with van der Waals surface area (Å²) < 4.78 is 15.2. The molecule has 0 saturated heterocycles. The topological polar surface area (TPSA) is 118 Å². The van der Waals surface area contributed by atoms with Crippen molar-refractivity contribution in [2.24, 2.45) is 5.10 Å². The Balaban J connectivity index is 1.89. The SMILES string of the molecule is COc1ccc(C(=O)NCC(=O)N/N=C\c2cccc(OC)c2O)cc1OC. The van der Waals surface area contributed by atoms with Crippen LogP contribution < -0.4 is 25.0 Å². The minimum atomic E-state index is -0.535. The number of ether oxygens (including phenoxy) is 3. The van der Waals surface area contributed by atoms with E-state index in [2.05, 4.69) is 15.8 Å². The number of hydrogen-bond donors (Lipinski definition) is 3. The highest BCUT2D eigenvalue weighted by molar-refractivity contribution is 5.97. The summed E-state index contributed by atoms with van der Waals surface area (Å²) in [5, 5.41) is 16.2. The molecule has 0 aliphatic carbocycles. The van der Waals surface area contributed by atoms with E-state index in [1.807, 2.05) is 0 Å². The summed E-state index contributed by atoms with van der Waals surface area (Å²) in [5.41, 5.74) is 2.95. The molecule has 0 unspecified atom stereocenters. The zero-order chi connectivity index (χ0) is 20.5. The van der Waals surface area contributed by atoms with Crippen LogP contribution in [0, 0.1) is 0 Å². The van der Waals surface area contributed by atoms with Crippen LogP contribution in [0.2, 0.25) is 0 Å². The number of para-hydroxylation sites is 1. The lowest BCUT2D eigenvalue weighted by Gasteiger charge is -2.09. The van der Waals surface area contributed by atoms with Crippen LogP contribution in [-0.2, 0) is 4.79 Å². The number of benzene rings is 2. The molecular formula is C19H21N3O6. The van der Waals surface area contributed by atoms with Crippen molar-refractivity contribution < 1.29 is 28.9 Å². The number of amides is 2. The molecule has 2 aromatic rings. The Morgan fingerprint density at radius 1 is 1.04 bits per heavy atom. The van der Waals surface area contributed by atoms with E-state index in [0.717, 1.165) is 0 Å². The third kappa shape index (κ3) is 5.13. The number of phenolic OH excluding ortho intramolecular Hbond substituents is 1. The van der Waals surface area contributed by atoms with Gasteiger partial charge in [0.25, 0.3) is 11.8 Å². The molecule has 0 bridgehead atoms. The minimum Gasteiger partial charge on any atom is -0.504 e. The molecular weight excluding hydrogens is 366 g/mol. The van der Waals surface area contributed by atoms with E-state index >= 15 is 0 Å². The molecule has 0 heterocycles. The second-order valence-corrected chi connectivity index (χ2v) is 5.44. The summed E-state index contributed by atoms with van der Waals surface area (Å²) in [5.74, 6) is 0.106. The van der Waals surface area contributed by atoms with Gasteiger partial charge < -0.3 is 24.6 Å². The number of hydrogen-bond acceptors (Lipinski definition) is 7. The Hall–Kier alpha value is -3.75. The van der Waals surface area contributed by atoms with Crippen LogP contribution in [0.4, 0.5) is 0 Å². The molecule has 9 nitrogen and oxygen atoms in total. The number of methoxy groups -OCH3 is 3. The van der Waals surface area contributed by atoms with Crippen LogP contribution in [0.1, 0.15) is 15.9 Å². The number of hydrazone groups is 1. The highest BCUT2D eigenvalue weighted by atomic mass is 16.5. The highest BCUT2D eigenvalue weighted by Gasteiger charge is 2.12. The fraction of sp³-hybridized carbons (Fsp3) is 0.211. The van der Waals surface area contributed by atoms with Crippen LogP contribution in [0.5, 0.6) is 23.0 Å². The van der Waals surface area contributed by atoms with E-state index < -0.39 is 11.8 Å². The zero-order valence-electron chi connectivity index (χ0n) is 15.7. The molecule has 2 amide bonds. The predicted octanol–water partition coefficient (Wildman–Crippen LogP) is 1.30. The van der Waals surface area contributed by atoms with Crippen molar-refractivity contribution in [2.45, 2.75) is 0 Å². The molecule has 0 spiro atoms. The van der Waals surface area contributed by atoms with Gasteiger partial charge in [-0.05, 0) is 30.3 Å². The highest BCUT2D eigenvalue weighted by Crippen LogP contribution is 2.28. The first-order chi connectivity index (χ1) is 13.5. The van der Waals surface area contributed by atoms with Gasteiger partial charge in [0.15, 0.2) is 23.0 Å². The van der Waals surface area contributed by atoms with E-state index in [9.17, 15) is 14.7 Å². The number of carbonyl (C=O) groups excluding carboxylic acids is 2. The monoisotopic (exact) mass is 387 g/mol. The fourth-order valence-corrected chi connectivity index (χ4v) is 2.26. The van der Waals surface area contributed by atoms with Gasteiger partial charge in [0.1, 0.15) is 0 Å². The largest absolute Gasteiger partial charge is 0.504 e. The molecule has 0 aromatic heterocycles. The van der Waals surface area contributed by atoms with Crippen LogP contribution in [0.25, 0.3) is 0 Å². The Morgan fingerprint density at radius 3 is 2.43 bits per heavy atom. The summed E-state index contributed by atoms with van der Waals surface area (Å²) in [4.78, 5) is 24.0. The molecule has 0 atom stereocenters. The van der Waals surface area contributed by atoms with Gasteiger partial charge in [-0.2, -0.15) is 5.10 Å². The third-order valence-electron chi connectivity index (χ3n) is 3.70. The number of phenols is 1. The van der Waals surface area contributed by atoms with Crippen molar-refractivity contribution in [1.82, 2.24) is 10.7 Å². The smallest absolute Gasteiger partial charge is 0.259 e. The molecule has 2 aromatic carbocycles. The van der Waals surface area contributed by atoms with Gasteiger partial charge in [-0.1, -0.05) is 6.07 Å². The molecule has 0 aliphatic rings. The first kappa shape index (κ1) is 20.6. The lowest BCUT2D eigenvalue weighted by Crippen LogP contribution is -2.34. The van der Waals surface area contributed by atoms with Crippen LogP contribution >= 0.6 is 0 Å². The van der Waals surface area contributed by atoms with Crippen molar-refractivity contribution in [3.05, 3.63) is 47.5 Å². The van der Waals surface area contributed by atoms with E-state index in [4.69, 9.17) is 14.2 Å². The maximum atomic E-state index is 12.2. The molecule has 0 aliphatic heterocycles. The predicted molar refractivity (Wildman–Crippen MR) is 102 cm³/mol. The van der Waals surface area contributed by atoms with Crippen molar-refractivity contribution >= 4 is 18.0 Å². The van der Waals surface area contributed by atoms with Crippen molar-refractivity contribution in [3.8, 4) is 23.0 Å². The summed E-state index contributed by atoms with van der Waals surface area (Å²) >= 11 is 0. The van der Waals surface area contributed by atoms with Crippen molar-refractivity contribution in [3.63, 3.8) is 0 Å². The molecule has 3 N–H and O–H groups in total. The van der Waals surface area contributed by atoms with Gasteiger partial charge in [0.05, 0.1) is 34.1 Å². The third-order valence-corrected chi connectivity index (χ3v) is 3.70. The van der Waals surface area contributed by atoms with E-state index in [-0.39, 0.29) is 18.0 Å². The lowest BCUT2D eigenvalue weighted by molar-refractivity contribution is -0.120. The maximum absolute atomic E-state index is 12.2. The molecule has 0 saturated carbocycles. The van der Waals surface area contributed by atoms with E-state index in [1.54, 1.807) is 30.3 Å². The summed E-state index contributed by atoms with van der Waals surface area (Å²) in [6, 6.07) is 9.53. The van der Waals surface area contributed by atoms with Gasteiger partial charge in [0.2, 0.25) is 0 Å².